The Hall–Kier alpha value is -3.02. The Bertz CT molecular complexity index is 874. The molecule has 0 fully saturated rings. The van der Waals surface area contributed by atoms with Crippen molar-refractivity contribution in [1.82, 2.24) is 10.2 Å². The van der Waals surface area contributed by atoms with Crippen LogP contribution in [0.2, 0.25) is 0 Å². The van der Waals surface area contributed by atoms with Gasteiger partial charge in [0.25, 0.3) is 5.91 Å². The lowest BCUT2D eigenvalue weighted by atomic mass is 9.86. The molecule has 0 spiro atoms. The number of methoxy groups -OCH3 is 1. The smallest absolute Gasteiger partial charge is 0.261 e. The van der Waals surface area contributed by atoms with Crippen LogP contribution in [0.15, 0.2) is 48.5 Å². The molecule has 1 atom stereocenters. The first-order valence-corrected chi connectivity index (χ1v) is 10.0. The molecule has 2 aromatic carbocycles. The molecule has 162 valence electrons. The molecule has 6 heteroatoms. The standard InChI is InChI=1S/C24H32N2O4/c1-17(23(28)25-5)26(15-18-10-9-11-19(14-18)29-6)22(27)16-30-21-13-8-7-12-20(21)24(2,3)4/h7-14,17H,15-16H2,1-6H3,(H,25,28)/t17-/m1/s1. The number of hydrogen-bond donors (Lipinski definition) is 1. The number of amides is 2. The third-order valence-electron chi connectivity index (χ3n) is 4.95. The Balaban J connectivity index is 2.22. The van der Waals surface area contributed by atoms with Gasteiger partial charge in [0.2, 0.25) is 5.91 Å². The molecule has 0 aromatic heterocycles. The highest BCUT2D eigenvalue weighted by Gasteiger charge is 2.27. The summed E-state index contributed by atoms with van der Waals surface area (Å²) in [6.45, 7) is 8.12. The van der Waals surface area contributed by atoms with E-state index >= 15 is 0 Å². The highest BCUT2D eigenvalue weighted by atomic mass is 16.5. The van der Waals surface area contributed by atoms with Gasteiger partial charge in [-0.05, 0) is 41.7 Å². The highest BCUT2D eigenvalue weighted by molar-refractivity contribution is 5.87. The molecule has 0 aliphatic heterocycles. The van der Waals surface area contributed by atoms with E-state index in [-0.39, 0.29) is 30.4 Å². The Labute approximate surface area is 179 Å². The number of carbonyl (C=O) groups excluding carboxylic acids is 2. The predicted octanol–water partition coefficient (Wildman–Crippen LogP) is 3.53. The van der Waals surface area contributed by atoms with E-state index in [2.05, 4.69) is 26.1 Å². The van der Waals surface area contributed by atoms with Gasteiger partial charge >= 0.3 is 0 Å². The van der Waals surface area contributed by atoms with E-state index in [9.17, 15) is 9.59 Å². The molecule has 0 saturated heterocycles. The van der Waals surface area contributed by atoms with Gasteiger partial charge in [-0.25, -0.2) is 0 Å². The van der Waals surface area contributed by atoms with Gasteiger partial charge in [-0.3, -0.25) is 9.59 Å². The zero-order valence-corrected chi connectivity index (χ0v) is 18.7. The number of carbonyl (C=O) groups is 2. The number of likely N-dealkylation sites (N-methyl/N-ethyl adjacent to an activating group) is 1. The first-order valence-electron chi connectivity index (χ1n) is 10.0. The average Bonchev–Trinajstić information content (AvgIpc) is 2.74. The van der Waals surface area contributed by atoms with Crippen LogP contribution in [0.3, 0.4) is 0 Å². The Morgan fingerprint density at radius 3 is 2.43 bits per heavy atom. The van der Waals surface area contributed by atoms with Gasteiger partial charge in [-0.2, -0.15) is 0 Å². The fourth-order valence-corrected chi connectivity index (χ4v) is 3.19. The van der Waals surface area contributed by atoms with Crippen LogP contribution in [0, 0.1) is 0 Å². The summed E-state index contributed by atoms with van der Waals surface area (Å²) in [6.07, 6.45) is 0. The molecule has 1 N–H and O–H groups in total. The van der Waals surface area contributed by atoms with Crippen molar-refractivity contribution in [2.75, 3.05) is 20.8 Å². The number of para-hydroxylation sites is 1. The third-order valence-corrected chi connectivity index (χ3v) is 4.95. The second-order valence-electron chi connectivity index (χ2n) is 8.20. The van der Waals surface area contributed by atoms with E-state index in [0.29, 0.717) is 11.5 Å². The summed E-state index contributed by atoms with van der Waals surface area (Å²) in [6, 6.07) is 14.5. The van der Waals surface area contributed by atoms with Gasteiger partial charge in [-0.15, -0.1) is 0 Å². The van der Waals surface area contributed by atoms with Gasteiger partial charge < -0.3 is 19.7 Å². The quantitative estimate of drug-likeness (QED) is 0.720. The van der Waals surface area contributed by atoms with E-state index < -0.39 is 6.04 Å². The van der Waals surface area contributed by atoms with Crippen LogP contribution < -0.4 is 14.8 Å². The summed E-state index contributed by atoms with van der Waals surface area (Å²) in [5, 5.41) is 2.61. The summed E-state index contributed by atoms with van der Waals surface area (Å²) in [5.74, 6) is 0.870. The summed E-state index contributed by atoms with van der Waals surface area (Å²) >= 11 is 0. The molecule has 2 aromatic rings. The minimum Gasteiger partial charge on any atom is -0.497 e. The second kappa shape index (κ2) is 10.1. The normalized spacial score (nSPS) is 12.1. The van der Waals surface area contributed by atoms with Crippen LogP contribution in [-0.4, -0.2) is 43.5 Å². The van der Waals surface area contributed by atoms with Crippen LogP contribution in [0.25, 0.3) is 0 Å². The van der Waals surface area contributed by atoms with Crippen LogP contribution in [0.4, 0.5) is 0 Å². The molecule has 0 radical (unpaired) electrons. The lowest BCUT2D eigenvalue weighted by Crippen LogP contribution is -2.48. The Morgan fingerprint density at radius 2 is 1.80 bits per heavy atom. The van der Waals surface area contributed by atoms with Gasteiger partial charge in [0, 0.05) is 13.6 Å². The maximum atomic E-state index is 13.1. The van der Waals surface area contributed by atoms with Crippen molar-refractivity contribution in [3.05, 3.63) is 59.7 Å². The summed E-state index contributed by atoms with van der Waals surface area (Å²) < 4.78 is 11.2. The molecular formula is C24H32N2O4. The topological polar surface area (TPSA) is 67.9 Å². The van der Waals surface area contributed by atoms with E-state index in [1.807, 2.05) is 48.5 Å². The number of benzene rings is 2. The first kappa shape index (κ1) is 23.3. The molecule has 2 rings (SSSR count). The van der Waals surface area contributed by atoms with Crippen molar-refractivity contribution >= 4 is 11.8 Å². The maximum absolute atomic E-state index is 13.1. The molecule has 0 bridgehead atoms. The van der Waals surface area contributed by atoms with Gasteiger partial charge in [0.05, 0.1) is 7.11 Å². The minimum atomic E-state index is -0.643. The van der Waals surface area contributed by atoms with Gasteiger partial charge in [0.15, 0.2) is 6.61 Å². The highest BCUT2D eigenvalue weighted by Crippen LogP contribution is 2.31. The minimum absolute atomic E-state index is 0.116. The average molecular weight is 413 g/mol. The van der Waals surface area contributed by atoms with Crippen molar-refractivity contribution in [3.63, 3.8) is 0 Å². The number of nitrogens with zero attached hydrogens (tertiary/aromatic N) is 1. The number of rotatable bonds is 8. The van der Waals surface area contributed by atoms with Crippen molar-refractivity contribution in [2.24, 2.45) is 0 Å². The molecule has 0 heterocycles. The molecule has 0 aliphatic carbocycles. The predicted molar refractivity (Wildman–Crippen MR) is 118 cm³/mol. The maximum Gasteiger partial charge on any atom is 0.261 e. The lowest BCUT2D eigenvalue weighted by molar-refractivity contribution is -0.142. The van der Waals surface area contributed by atoms with Gasteiger partial charge in [-0.1, -0.05) is 51.1 Å². The molecule has 0 unspecified atom stereocenters. The summed E-state index contributed by atoms with van der Waals surface area (Å²) in [4.78, 5) is 26.9. The molecule has 2 amide bonds. The van der Waals surface area contributed by atoms with Crippen molar-refractivity contribution in [2.45, 2.75) is 45.7 Å². The third kappa shape index (κ3) is 5.99. The summed E-state index contributed by atoms with van der Waals surface area (Å²) in [7, 11) is 3.15. The van der Waals surface area contributed by atoms with E-state index in [4.69, 9.17) is 9.47 Å². The Kier molecular flexibility index (Phi) is 7.86. The first-order chi connectivity index (χ1) is 14.2. The zero-order chi connectivity index (χ0) is 22.3. The van der Waals surface area contributed by atoms with Crippen LogP contribution in [0.1, 0.15) is 38.8 Å². The zero-order valence-electron chi connectivity index (χ0n) is 18.7. The largest absolute Gasteiger partial charge is 0.497 e. The fourth-order valence-electron chi connectivity index (χ4n) is 3.19. The molecule has 30 heavy (non-hydrogen) atoms. The SMILES string of the molecule is CNC(=O)[C@@H](C)N(Cc1cccc(OC)c1)C(=O)COc1ccccc1C(C)(C)C. The second-order valence-corrected chi connectivity index (χ2v) is 8.20. The van der Waals surface area contributed by atoms with Crippen LogP contribution >= 0.6 is 0 Å². The van der Waals surface area contributed by atoms with Crippen molar-refractivity contribution < 1.29 is 19.1 Å². The van der Waals surface area contributed by atoms with Crippen LogP contribution in [-0.2, 0) is 21.5 Å². The molecule has 0 saturated carbocycles. The van der Waals surface area contributed by atoms with E-state index in [1.54, 1.807) is 21.1 Å². The molecule has 6 nitrogen and oxygen atoms in total. The number of ether oxygens (including phenoxy) is 2. The van der Waals surface area contributed by atoms with Crippen molar-refractivity contribution in [1.29, 1.82) is 0 Å². The molecular weight excluding hydrogens is 380 g/mol. The van der Waals surface area contributed by atoms with Crippen LogP contribution in [0.5, 0.6) is 11.5 Å². The van der Waals surface area contributed by atoms with Gasteiger partial charge in [0.1, 0.15) is 17.5 Å². The Morgan fingerprint density at radius 1 is 1.10 bits per heavy atom. The number of hydrogen-bond acceptors (Lipinski definition) is 4. The number of nitrogens with one attached hydrogen (secondary N) is 1. The van der Waals surface area contributed by atoms with E-state index in [1.165, 1.54) is 4.90 Å². The van der Waals surface area contributed by atoms with E-state index in [0.717, 1.165) is 11.1 Å². The lowest BCUT2D eigenvalue weighted by Gasteiger charge is -2.29. The van der Waals surface area contributed by atoms with Crippen molar-refractivity contribution in [3.8, 4) is 11.5 Å². The molecule has 0 aliphatic rings. The monoisotopic (exact) mass is 412 g/mol. The summed E-state index contributed by atoms with van der Waals surface area (Å²) in [5.41, 5.74) is 1.78. The fraction of sp³-hybridized carbons (Fsp3) is 0.417.